The zero-order valence-electron chi connectivity index (χ0n) is 10.4. The Labute approximate surface area is 119 Å². The van der Waals surface area contributed by atoms with Crippen LogP contribution in [0.4, 0.5) is 0 Å². The molecule has 0 saturated carbocycles. The van der Waals surface area contributed by atoms with E-state index in [1.165, 1.54) is 22.5 Å². The SMILES string of the molecule is c1ccc2cc3nc(Sc4ncc[nH]4)cnc3cc2c1. The number of aromatic amines is 1. The van der Waals surface area contributed by atoms with Crippen LogP contribution in [0.25, 0.3) is 21.8 Å². The van der Waals surface area contributed by atoms with Crippen LogP contribution in [0, 0.1) is 0 Å². The first-order chi connectivity index (χ1) is 9.88. The van der Waals surface area contributed by atoms with Gasteiger partial charge in [0.2, 0.25) is 0 Å². The maximum atomic E-state index is 4.64. The monoisotopic (exact) mass is 278 g/mol. The Morgan fingerprint density at radius 2 is 1.75 bits per heavy atom. The number of rotatable bonds is 2. The van der Waals surface area contributed by atoms with Crippen molar-refractivity contribution in [1.29, 1.82) is 0 Å². The van der Waals surface area contributed by atoms with E-state index in [9.17, 15) is 0 Å². The van der Waals surface area contributed by atoms with Crippen LogP contribution in [-0.2, 0) is 0 Å². The maximum Gasteiger partial charge on any atom is 0.171 e. The molecule has 0 amide bonds. The van der Waals surface area contributed by atoms with E-state index in [0.29, 0.717) is 0 Å². The zero-order valence-corrected chi connectivity index (χ0v) is 11.3. The van der Waals surface area contributed by atoms with E-state index < -0.39 is 0 Å². The molecule has 96 valence electrons. The molecule has 0 aliphatic heterocycles. The largest absolute Gasteiger partial charge is 0.339 e. The molecular weight excluding hydrogens is 268 g/mol. The first-order valence-corrected chi connectivity index (χ1v) is 7.03. The zero-order chi connectivity index (χ0) is 13.4. The Kier molecular flexibility index (Phi) is 2.63. The summed E-state index contributed by atoms with van der Waals surface area (Å²) in [5, 5.41) is 4.01. The van der Waals surface area contributed by atoms with Gasteiger partial charge in [-0.25, -0.2) is 9.97 Å². The molecule has 2 aromatic heterocycles. The summed E-state index contributed by atoms with van der Waals surface area (Å²) in [5.74, 6) is 0. The van der Waals surface area contributed by atoms with Gasteiger partial charge in [-0.05, 0) is 34.7 Å². The van der Waals surface area contributed by atoms with Crippen molar-refractivity contribution in [3.8, 4) is 0 Å². The average molecular weight is 278 g/mol. The molecule has 5 heteroatoms. The molecule has 0 atom stereocenters. The van der Waals surface area contributed by atoms with Gasteiger partial charge >= 0.3 is 0 Å². The summed E-state index contributed by atoms with van der Waals surface area (Å²) in [6, 6.07) is 12.4. The van der Waals surface area contributed by atoms with E-state index >= 15 is 0 Å². The highest BCUT2D eigenvalue weighted by atomic mass is 32.2. The van der Waals surface area contributed by atoms with E-state index in [1.807, 2.05) is 12.1 Å². The van der Waals surface area contributed by atoms with Crippen molar-refractivity contribution in [3.05, 3.63) is 55.0 Å². The lowest BCUT2D eigenvalue weighted by molar-refractivity contribution is 1.04. The average Bonchev–Trinajstić information content (AvgIpc) is 2.98. The highest BCUT2D eigenvalue weighted by molar-refractivity contribution is 7.99. The van der Waals surface area contributed by atoms with Crippen molar-refractivity contribution in [3.63, 3.8) is 0 Å². The number of H-pyrrole nitrogens is 1. The van der Waals surface area contributed by atoms with Gasteiger partial charge in [-0.2, -0.15) is 0 Å². The van der Waals surface area contributed by atoms with Gasteiger partial charge in [0.25, 0.3) is 0 Å². The number of nitrogens with zero attached hydrogens (tertiary/aromatic N) is 3. The van der Waals surface area contributed by atoms with E-state index in [-0.39, 0.29) is 0 Å². The maximum absolute atomic E-state index is 4.64. The molecule has 0 fully saturated rings. The van der Waals surface area contributed by atoms with Gasteiger partial charge in [0.05, 0.1) is 17.2 Å². The van der Waals surface area contributed by atoms with Crippen molar-refractivity contribution >= 4 is 33.6 Å². The second kappa shape index (κ2) is 4.61. The fraction of sp³-hybridized carbons (Fsp3) is 0. The minimum Gasteiger partial charge on any atom is -0.339 e. The van der Waals surface area contributed by atoms with Crippen LogP contribution in [0.15, 0.2) is 65.2 Å². The Morgan fingerprint density at radius 3 is 2.50 bits per heavy atom. The Morgan fingerprint density at radius 1 is 0.950 bits per heavy atom. The van der Waals surface area contributed by atoms with E-state index in [0.717, 1.165) is 21.2 Å². The Hall–Kier alpha value is -2.40. The van der Waals surface area contributed by atoms with Crippen LogP contribution in [0.2, 0.25) is 0 Å². The predicted molar refractivity (Wildman–Crippen MR) is 79.8 cm³/mol. The van der Waals surface area contributed by atoms with Crippen molar-refractivity contribution < 1.29 is 0 Å². The number of hydrogen-bond donors (Lipinski definition) is 1. The lowest BCUT2D eigenvalue weighted by Crippen LogP contribution is -1.88. The molecule has 0 radical (unpaired) electrons. The van der Waals surface area contributed by atoms with E-state index in [1.54, 1.807) is 18.6 Å². The van der Waals surface area contributed by atoms with Gasteiger partial charge in [0.15, 0.2) is 5.16 Å². The van der Waals surface area contributed by atoms with Crippen molar-refractivity contribution in [2.75, 3.05) is 0 Å². The second-order valence-corrected chi connectivity index (χ2v) is 5.40. The minimum absolute atomic E-state index is 0.819. The summed E-state index contributed by atoms with van der Waals surface area (Å²) in [4.78, 5) is 16.4. The van der Waals surface area contributed by atoms with Crippen LogP contribution in [-0.4, -0.2) is 19.9 Å². The Bertz CT molecular complexity index is 887. The summed E-state index contributed by atoms with van der Waals surface area (Å²) in [6.07, 6.45) is 5.30. The topological polar surface area (TPSA) is 54.5 Å². The lowest BCUT2D eigenvalue weighted by Gasteiger charge is -2.03. The fourth-order valence-electron chi connectivity index (χ4n) is 2.14. The smallest absolute Gasteiger partial charge is 0.171 e. The molecule has 0 aliphatic rings. The van der Waals surface area contributed by atoms with Gasteiger partial charge in [0, 0.05) is 12.4 Å². The third-order valence-electron chi connectivity index (χ3n) is 3.06. The first-order valence-electron chi connectivity index (χ1n) is 6.21. The second-order valence-electron chi connectivity index (χ2n) is 4.39. The summed E-state index contributed by atoms with van der Waals surface area (Å²) in [5.41, 5.74) is 1.81. The summed E-state index contributed by atoms with van der Waals surface area (Å²) >= 11 is 1.47. The van der Waals surface area contributed by atoms with E-state index in [4.69, 9.17) is 0 Å². The third kappa shape index (κ3) is 2.02. The number of aromatic nitrogens is 4. The number of imidazole rings is 1. The van der Waals surface area contributed by atoms with E-state index in [2.05, 4.69) is 44.2 Å². The Balaban J connectivity index is 1.83. The van der Waals surface area contributed by atoms with Crippen molar-refractivity contribution in [1.82, 2.24) is 19.9 Å². The fourth-order valence-corrected chi connectivity index (χ4v) is 2.82. The highest BCUT2D eigenvalue weighted by Crippen LogP contribution is 2.25. The molecule has 0 spiro atoms. The minimum atomic E-state index is 0.819. The number of hydrogen-bond acceptors (Lipinski definition) is 4. The molecule has 0 bridgehead atoms. The normalized spacial score (nSPS) is 11.2. The first kappa shape index (κ1) is 11.4. The quantitative estimate of drug-likeness (QED) is 0.569. The van der Waals surface area contributed by atoms with Crippen LogP contribution in [0.5, 0.6) is 0 Å². The van der Waals surface area contributed by atoms with Gasteiger partial charge in [-0.3, -0.25) is 4.98 Å². The molecule has 4 nitrogen and oxygen atoms in total. The standard InChI is InChI=1S/C15H10N4S/c1-2-4-11-8-13-12(7-10(11)3-1)18-9-14(19-13)20-15-16-5-6-17-15/h1-9H,(H,16,17). The van der Waals surface area contributed by atoms with Gasteiger partial charge < -0.3 is 4.98 Å². The lowest BCUT2D eigenvalue weighted by atomic mass is 10.1. The summed E-state index contributed by atoms with van der Waals surface area (Å²) < 4.78 is 0. The molecule has 2 aromatic carbocycles. The number of nitrogens with one attached hydrogen (secondary N) is 1. The molecule has 2 heterocycles. The molecule has 0 unspecified atom stereocenters. The van der Waals surface area contributed by atoms with Crippen molar-refractivity contribution in [2.24, 2.45) is 0 Å². The molecule has 1 N–H and O–H groups in total. The van der Waals surface area contributed by atoms with Crippen LogP contribution in [0.1, 0.15) is 0 Å². The van der Waals surface area contributed by atoms with Crippen LogP contribution < -0.4 is 0 Å². The van der Waals surface area contributed by atoms with Gasteiger partial charge in [-0.1, -0.05) is 24.3 Å². The summed E-state index contributed by atoms with van der Waals surface area (Å²) in [7, 11) is 0. The molecule has 4 rings (SSSR count). The highest BCUT2D eigenvalue weighted by Gasteiger charge is 2.05. The number of benzene rings is 2. The van der Waals surface area contributed by atoms with Crippen LogP contribution >= 0.6 is 11.8 Å². The van der Waals surface area contributed by atoms with Gasteiger partial charge in [-0.15, -0.1) is 0 Å². The summed E-state index contributed by atoms with van der Waals surface area (Å²) in [6.45, 7) is 0. The predicted octanol–water partition coefficient (Wildman–Crippen LogP) is 3.66. The molecule has 20 heavy (non-hydrogen) atoms. The van der Waals surface area contributed by atoms with Gasteiger partial charge in [0.1, 0.15) is 5.03 Å². The molecule has 0 saturated heterocycles. The molecule has 4 aromatic rings. The molecular formula is C15H10N4S. The third-order valence-corrected chi connectivity index (χ3v) is 3.88. The number of fused-ring (bicyclic) bond motifs is 2. The van der Waals surface area contributed by atoms with Crippen LogP contribution in [0.3, 0.4) is 0 Å². The van der Waals surface area contributed by atoms with Crippen molar-refractivity contribution in [2.45, 2.75) is 10.2 Å². The molecule has 0 aliphatic carbocycles.